The number of esters is 1. The molecule has 8 heteroatoms. The molecule has 2 aromatic carbocycles. The Bertz CT molecular complexity index is 1020. The molecule has 0 aliphatic carbocycles. The van der Waals surface area contributed by atoms with E-state index >= 15 is 0 Å². The summed E-state index contributed by atoms with van der Waals surface area (Å²) in [7, 11) is 1.34. The maximum atomic E-state index is 13.3. The molecule has 1 spiro atoms. The molecule has 2 saturated heterocycles. The molecule has 32 heavy (non-hydrogen) atoms. The summed E-state index contributed by atoms with van der Waals surface area (Å²) in [6, 6.07) is 10.7. The van der Waals surface area contributed by atoms with Crippen molar-refractivity contribution in [3.8, 4) is 0 Å². The highest BCUT2D eigenvalue weighted by Crippen LogP contribution is 2.36. The van der Waals surface area contributed by atoms with Crippen molar-refractivity contribution in [1.29, 1.82) is 0 Å². The Hall–Kier alpha value is -2.45. The largest absolute Gasteiger partial charge is 0.465 e. The standard InChI is InChI=1S/C24H26BrFN2O4/c1-16-11-21(25)19(12-18(16)13-26)14-27-9-7-24(8-10-27)15-28(23(30)32-24)20-5-3-17(4-6-20)22(29)31-2/h3-6,11-12H,7-10,13-15H2,1-2H3. The predicted molar refractivity (Wildman–Crippen MR) is 123 cm³/mol. The van der Waals surface area contributed by atoms with E-state index < -0.39 is 18.2 Å². The van der Waals surface area contributed by atoms with Gasteiger partial charge in [0.05, 0.1) is 19.2 Å². The minimum atomic E-state index is -0.511. The first-order valence-electron chi connectivity index (χ1n) is 10.6. The van der Waals surface area contributed by atoms with Crippen LogP contribution in [0.3, 0.4) is 0 Å². The first-order chi connectivity index (χ1) is 15.3. The van der Waals surface area contributed by atoms with Gasteiger partial charge < -0.3 is 9.47 Å². The first-order valence-corrected chi connectivity index (χ1v) is 11.4. The highest BCUT2D eigenvalue weighted by atomic mass is 79.9. The van der Waals surface area contributed by atoms with Gasteiger partial charge in [-0.05, 0) is 53.9 Å². The lowest BCUT2D eigenvalue weighted by atomic mass is 9.91. The molecule has 0 bridgehead atoms. The maximum Gasteiger partial charge on any atom is 0.415 e. The minimum Gasteiger partial charge on any atom is -0.465 e. The molecule has 0 radical (unpaired) electrons. The average molecular weight is 505 g/mol. The second-order valence-corrected chi connectivity index (χ2v) is 9.31. The van der Waals surface area contributed by atoms with Gasteiger partial charge in [0, 0.05) is 42.6 Å². The number of ether oxygens (including phenoxy) is 2. The molecule has 0 unspecified atom stereocenters. The Morgan fingerprint density at radius 1 is 1.19 bits per heavy atom. The Balaban J connectivity index is 1.39. The summed E-state index contributed by atoms with van der Waals surface area (Å²) >= 11 is 3.60. The highest BCUT2D eigenvalue weighted by Gasteiger charge is 2.47. The zero-order valence-corrected chi connectivity index (χ0v) is 19.8. The number of rotatable bonds is 5. The smallest absolute Gasteiger partial charge is 0.415 e. The Kier molecular flexibility index (Phi) is 6.53. The second-order valence-electron chi connectivity index (χ2n) is 8.46. The fraction of sp³-hybridized carbons (Fsp3) is 0.417. The lowest BCUT2D eigenvalue weighted by Crippen LogP contribution is -2.46. The number of hydrogen-bond donors (Lipinski definition) is 0. The number of halogens is 2. The Labute approximate surface area is 195 Å². The fourth-order valence-corrected chi connectivity index (χ4v) is 4.95. The summed E-state index contributed by atoms with van der Waals surface area (Å²) in [5.41, 5.74) is 3.35. The number of amides is 1. The molecule has 2 aromatic rings. The third kappa shape index (κ3) is 4.52. The van der Waals surface area contributed by atoms with Crippen LogP contribution in [0.4, 0.5) is 14.9 Å². The molecule has 0 saturated carbocycles. The van der Waals surface area contributed by atoms with Crippen LogP contribution in [0.15, 0.2) is 40.9 Å². The van der Waals surface area contributed by atoms with Gasteiger partial charge in [-0.2, -0.15) is 0 Å². The summed E-state index contributed by atoms with van der Waals surface area (Å²) in [6.07, 6.45) is 1.10. The summed E-state index contributed by atoms with van der Waals surface area (Å²) in [6.45, 7) is 4.22. The number of piperidine rings is 1. The van der Waals surface area contributed by atoms with Gasteiger partial charge in [0.25, 0.3) is 0 Å². The van der Waals surface area contributed by atoms with E-state index in [4.69, 9.17) is 9.47 Å². The highest BCUT2D eigenvalue weighted by molar-refractivity contribution is 9.10. The second kappa shape index (κ2) is 9.19. The van der Waals surface area contributed by atoms with Gasteiger partial charge in [0.2, 0.25) is 0 Å². The monoisotopic (exact) mass is 504 g/mol. The van der Waals surface area contributed by atoms with E-state index in [1.165, 1.54) is 7.11 Å². The number of alkyl halides is 1. The molecule has 170 valence electrons. The number of likely N-dealkylation sites (tertiary alicyclic amines) is 1. The zero-order chi connectivity index (χ0) is 22.9. The van der Waals surface area contributed by atoms with Gasteiger partial charge in [-0.3, -0.25) is 9.80 Å². The third-order valence-electron chi connectivity index (χ3n) is 6.38. The van der Waals surface area contributed by atoms with Crippen molar-refractivity contribution in [2.75, 3.05) is 31.6 Å². The molecule has 2 fully saturated rings. The molecule has 2 aliphatic heterocycles. The van der Waals surface area contributed by atoms with Crippen LogP contribution in [0.25, 0.3) is 0 Å². The van der Waals surface area contributed by atoms with Gasteiger partial charge in [-0.15, -0.1) is 0 Å². The van der Waals surface area contributed by atoms with Gasteiger partial charge in [-0.25, -0.2) is 14.0 Å². The molecule has 2 aliphatic rings. The average Bonchev–Trinajstić information content (AvgIpc) is 3.12. The van der Waals surface area contributed by atoms with Crippen LogP contribution in [0.2, 0.25) is 0 Å². The van der Waals surface area contributed by atoms with Crippen molar-refractivity contribution < 1.29 is 23.5 Å². The number of carbonyl (C=O) groups is 2. The van der Waals surface area contributed by atoms with Crippen molar-refractivity contribution in [3.05, 3.63) is 63.1 Å². The summed E-state index contributed by atoms with van der Waals surface area (Å²) in [5.74, 6) is -0.414. The van der Waals surface area contributed by atoms with Crippen LogP contribution in [-0.2, 0) is 22.7 Å². The molecule has 2 heterocycles. The van der Waals surface area contributed by atoms with Crippen molar-refractivity contribution in [1.82, 2.24) is 4.90 Å². The minimum absolute atomic E-state index is 0.363. The molecule has 0 N–H and O–H groups in total. The predicted octanol–water partition coefficient (Wildman–Crippen LogP) is 5.01. The number of aryl methyl sites for hydroxylation is 1. The van der Waals surface area contributed by atoms with Gasteiger partial charge in [0.1, 0.15) is 12.3 Å². The van der Waals surface area contributed by atoms with Crippen LogP contribution in [0.5, 0.6) is 0 Å². The molecule has 0 atom stereocenters. The van der Waals surface area contributed by atoms with Crippen LogP contribution in [0, 0.1) is 6.92 Å². The lowest BCUT2D eigenvalue weighted by molar-refractivity contribution is -0.00102. The van der Waals surface area contributed by atoms with Crippen molar-refractivity contribution in [3.63, 3.8) is 0 Å². The van der Waals surface area contributed by atoms with E-state index in [9.17, 15) is 14.0 Å². The first kappa shape index (κ1) is 22.7. The van der Waals surface area contributed by atoms with E-state index in [2.05, 4.69) is 20.8 Å². The van der Waals surface area contributed by atoms with E-state index in [-0.39, 0.29) is 6.09 Å². The summed E-state index contributed by atoms with van der Waals surface area (Å²) < 4.78 is 24.8. The van der Waals surface area contributed by atoms with Gasteiger partial charge in [0.15, 0.2) is 0 Å². The lowest BCUT2D eigenvalue weighted by Gasteiger charge is -2.37. The number of carbonyl (C=O) groups excluding carboxylic acids is 2. The zero-order valence-electron chi connectivity index (χ0n) is 18.2. The third-order valence-corrected chi connectivity index (χ3v) is 7.12. The summed E-state index contributed by atoms with van der Waals surface area (Å²) in [4.78, 5) is 28.2. The van der Waals surface area contributed by atoms with Crippen LogP contribution >= 0.6 is 15.9 Å². The van der Waals surface area contributed by atoms with Crippen molar-refractivity contribution >= 4 is 33.7 Å². The molecular weight excluding hydrogens is 479 g/mol. The normalized spacial score (nSPS) is 18.1. The van der Waals surface area contributed by atoms with E-state index in [0.29, 0.717) is 17.8 Å². The number of anilines is 1. The van der Waals surface area contributed by atoms with E-state index in [1.54, 1.807) is 29.2 Å². The Morgan fingerprint density at radius 2 is 1.88 bits per heavy atom. The Morgan fingerprint density at radius 3 is 2.50 bits per heavy atom. The molecule has 1 amide bonds. The van der Waals surface area contributed by atoms with Crippen LogP contribution in [0.1, 0.15) is 39.9 Å². The maximum absolute atomic E-state index is 13.3. The van der Waals surface area contributed by atoms with E-state index in [1.807, 2.05) is 19.1 Å². The molecule has 4 rings (SSSR count). The summed E-state index contributed by atoms with van der Waals surface area (Å²) in [5, 5.41) is 0. The van der Waals surface area contributed by atoms with Crippen LogP contribution in [-0.4, -0.2) is 49.3 Å². The van der Waals surface area contributed by atoms with E-state index in [0.717, 1.165) is 53.6 Å². The van der Waals surface area contributed by atoms with Crippen LogP contribution < -0.4 is 4.90 Å². The fourth-order valence-electron chi connectivity index (χ4n) is 4.37. The number of hydrogen-bond acceptors (Lipinski definition) is 5. The number of benzene rings is 2. The SMILES string of the molecule is COC(=O)c1ccc(N2CC3(CCN(Cc4cc(CF)c(C)cc4Br)CC3)OC2=O)cc1. The number of nitrogens with zero attached hydrogens (tertiary/aromatic N) is 2. The van der Waals surface area contributed by atoms with Gasteiger partial charge in [-0.1, -0.05) is 22.0 Å². The molecular formula is C24H26BrFN2O4. The van der Waals surface area contributed by atoms with Crippen molar-refractivity contribution in [2.24, 2.45) is 0 Å². The topological polar surface area (TPSA) is 59.1 Å². The molecule has 0 aromatic heterocycles. The molecule has 6 nitrogen and oxygen atoms in total. The van der Waals surface area contributed by atoms with Gasteiger partial charge >= 0.3 is 12.1 Å². The number of methoxy groups -OCH3 is 1. The van der Waals surface area contributed by atoms with Crippen molar-refractivity contribution in [2.45, 2.75) is 38.6 Å². The quantitative estimate of drug-likeness (QED) is 0.536.